The minimum atomic E-state index is -1.82. The van der Waals surface area contributed by atoms with Crippen LogP contribution in [0.1, 0.15) is 11.1 Å². The Bertz CT molecular complexity index is 584. The molecular formula is C15H14O6-2. The molecule has 112 valence electrons. The Balaban J connectivity index is 3.47. The third-order valence-corrected chi connectivity index (χ3v) is 2.69. The van der Waals surface area contributed by atoms with E-state index in [1.54, 1.807) is 12.1 Å². The van der Waals surface area contributed by atoms with Crippen LogP contribution in [0.3, 0.4) is 0 Å². The fourth-order valence-corrected chi connectivity index (χ4v) is 1.83. The van der Waals surface area contributed by atoms with Crippen LogP contribution in [-0.2, 0) is 16.0 Å². The maximum Gasteiger partial charge on any atom is 0.164 e. The number of carboxylic acid groups (broad SMARTS) is 2. The number of aliphatic carboxylic acids is 2. The highest BCUT2D eigenvalue weighted by Crippen LogP contribution is 2.33. The highest BCUT2D eigenvalue weighted by atomic mass is 16.5. The minimum Gasteiger partial charge on any atom is -0.545 e. The molecule has 0 saturated heterocycles. The van der Waals surface area contributed by atoms with Gasteiger partial charge in [-0.1, -0.05) is 6.08 Å². The van der Waals surface area contributed by atoms with Gasteiger partial charge in [-0.25, -0.2) is 0 Å². The first-order chi connectivity index (χ1) is 9.94. The lowest BCUT2D eigenvalue weighted by Crippen LogP contribution is -2.36. The second-order valence-electron chi connectivity index (χ2n) is 4.04. The predicted octanol–water partition coefficient (Wildman–Crippen LogP) is -0.684. The van der Waals surface area contributed by atoms with Crippen LogP contribution in [0.4, 0.5) is 0 Å². The molecule has 6 heteroatoms. The second kappa shape index (κ2) is 7.14. The fourth-order valence-electron chi connectivity index (χ4n) is 1.83. The van der Waals surface area contributed by atoms with E-state index >= 15 is 0 Å². The zero-order valence-corrected chi connectivity index (χ0v) is 11.7. The van der Waals surface area contributed by atoms with Crippen LogP contribution in [0.25, 0.3) is 6.08 Å². The van der Waals surface area contributed by atoms with Crippen LogP contribution >= 0.6 is 0 Å². The molecule has 0 aliphatic heterocycles. The largest absolute Gasteiger partial charge is 0.545 e. The van der Waals surface area contributed by atoms with Gasteiger partial charge in [-0.05, 0) is 30.2 Å². The summed E-state index contributed by atoms with van der Waals surface area (Å²) >= 11 is 0. The van der Waals surface area contributed by atoms with Crippen molar-refractivity contribution in [2.45, 2.75) is 6.42 Å². The van der Waals surface area contributed by atoms with E-state index in [-0.39, 0.29) is 0 Å². The van der Waals surface area contributed by atoms with Crippen LogP contribution in [0.15, 0.2) is 30.4 Å². The van der Waals surface area contributed by atoms with Crippen LogP contribution in [0.2, 0.25) is 0 Å². The third kappa shape index (κ3) is 3.85. The molecule has 0 amide bonds. The topological polar surface area (TPSA) is 98.7 Å². The number of benzene rings is 1. The summed E-state index contributed by atoms with van der Waals surface area (Å²) < 4.78 is 10.4. The van der Waals surface area contributed by atoms with E-state index in [1.807, 2.05) is 0 Å². The molecule has 1 aromatic rings. The molecule has 0 spiro atoms. The Hall–Kier alpha value is -2.76. The lowest BCUT2D eigenvalue weighted by Gasteiger charge is -2.14. The van der Waals surface area contributed by atoms with Crippen LogP contribution in [-0.4, -0.2) is 26.2 Å². The van der Waals surface area contributed by atoms with E-state index in [0.29, 0.717) is 29.0 Å². The van der Waals surface area contributed by atoms with Crippen molar-refractivity contribution < 1.29 is 29.3 Å². The smallest absolute Gasteiger partial charge is 0.164 e. The molecule has 0 bridgehead atoms. The van der Waals surface area contributed by atoms with Gasteiger partial charge in [-0.2, -0.15) is 0 Å². The fraction of sp³-hybridized carbons (Fsp3) is 0.200. The van der Waals surface area contributed by atoms with E-state index in [4.69, 9.17) is 9.47 Å². The van der Waals surface area contributed by atoms with Gasteiger partial charge in [0.1, 0.15) is 0 Å². The standard InChI is InChI=1S/C15H16O6/c1-4-5-10-6-9(7-11(14(16)17)15(18)19)8-12(20-2)13(10)21-3/h4,6-8H,1,5H2,2-3H3,(H,16,17)(H,18,19)/p-2. The highest BCUT2D eigenvalue weighted by molar-refractivity contribution is 6.14. The molecule has 0 aliphatic rings. The number of allylic oxidation sites excluding steroid dienone is 1. The maximum atomic E-state index is 10.8. The number of ether oxygens (including phenoxy) is 2. The van der Waals surface area contributed by atoms with Gasteiger partial charge in [0, 0.05) is 11.1 Å². The normalized spacial score (nSPS) is 9.62. The van der Waals surface area contributed by atoms with Crippen LogP contribution < -0.4 is 19.7 Å². The molecule has 0 aromatic heterocycles. The summed E-state index contributed by atoms with van der Waals surface area (Å²) in [5, 5.41) is 21.5. The van der Waals surface area contributed by atoms with Gasteiger partial charge in [-0.15, -0.1) is 6.58 Å². The summed E-state index contributed by atoms with van der Waals surface area (Å²) in [6, 6.07) is 3.03. The molecule has 0 unspecified atom stereocenters. The molecule has 0 N–H and O–H groups in total. The van der Waals surface area contributed by atoms with E-state index in [2.05, 4.69) is 6.58 Å². The van der Waals surface area contributed by atoms with Gasteiger partial charge in [0.05, 0.1) is 26.2 Å². The van der Waals surface area contributed by atoms with Gasteiger partial charge in [-0.3, -0.25) is 0 Å². The number of hydrogen-bond donors (Lipinski definition) is 0. The molecule has 0 aliphatic carbocycles. The first-order valence-electron chi connectivity index (χ1n) is 5.94. The Labute approximate surface area is 121 Å². The van der Waals surface area contributed by atoms with E-state index in [0.717, 1.165) is 6.08 Å². The van der Waals surface area contributed by atoms with Crippen molar-refractivity contribution in [2.24, 2.45) is 0 Å². The molecule has 1 aromatic carbocycles. The molecule has 0 fully saturated rings. The van der Waals surface area contributed by atoms with Crippen molar-refractivity contribution in [3.05, 3.63) is 41.5 Å². The first-order valence-corrected chi connectivity index (χ1v) is 5.94. The quantitative estimate of drug-likeness (QED) is 0.285. The number of carbonyl (C=O) groups excluding carboxylic acids is 2. The van der Waals surface area contributed by atoms with E-state index in [9.17, 15) is 19.8 Å². The van der Waals surface area contributed by atoms with Gasteiger partial charge in [0.25, 0.3) is 0 Å². The van der Waals surface area contributed by atoms with Crippen molar-refractivity contribution in [1.29, 1.82) is 0 Å². The monoisotopic (exact) mass is 290 g/mol. The summed E-state index contributed by atoms with van der Waals surface area (Å²) in [7, 11) is 2.88. The summed E-state index contributed by atoms with van der Waals surface area (Å²) in [6.45, 7) is 3.61. The lowest BCUT2D eigenvalue weighted by molar-refractivity contribution is -0.311. The number of carboxylic acids is 2. The maximum absolute atomic E-state index is 10.8. The van der Waals surface area contributed by atoms with Gasteiger partial charge >= 0.3 is 0 Å². The predicted molar refractivity (Wildman–Crippen MR) is 71.4 cm³/mol. The molecular weight excluding hydrogens is 276 g/mol. The highest BCUT2D eigenvalue weighted by Gasteiger charge is 2.11. The average Bonchev–Trinajstić information content (AvgIpc) is 2.43. The van der Waals surface area contributed by atoms with Crippen molar-refractivity contribution in [3.8, 4) is 11.5 Å². The first kappa shape index (κ1) is 16.3. The van der Waals surface area contributed by atoms with Crippen molar-refractivity contribution in [1.82, 2.24) is 0 Å². The van der Waals surface area contributed by atoms with Crippen LogP contribution in [0, 0.1) is 0 Å². The summed E-state index contributed by atoms with van der Waals surface area (Å²) in [5.41, 5.74) is 0.0359. The lowest BCUT2D eigenvalue weighted by atomic mass is 10.0. The summed E-state index contributed by atoms with van der Waals surface area (Å²) in [5.74, 6) is -2.83. The van der Waals surface area contributed by atoms with Gasteiger partial charge < -0.3 is 29.3 Å². The Morgan fingerprint density at radius 2 is 1.81 bits per heavy atom. The minimum absolute atomic E-state index is 0.313. The molecule has 0 atom stereocenters. The Kier molecular flexibility index (Phi) is 5.54. The average molecular weight is 290 g/mol. The zero-order chi connectivity index (χ0) is 16.0. The van der Waals surface area contributed by atoms with E-state index < -0.39 is 17.5 Å². The second-order valence-corrected chi connectivity index (χ2v) is 4.04. The molecule has 0 heterocycles. The molecule has 0 saturated carbocycles. The number of hydrogen-bond acceptors (Lipinski definition) is 6. The third-order valence-electron chi connectivity index (χ3n) is 2.69. The summed E-state index contributed by atoms with van der Waals surface area (Å²) in [4.78, 5) is 21.5. The number of methoxy groups -OCH3 is 2. The molecule has 21 heavy (non-hydrogen) atoms. The van der Waals surface area contributed by atoms with Crippen LogP contribution in [0.5, 0.6) is 11.5 Å². The Morgan fingerprint density at radius 3 is 2.24 bits per heavy atom. The zero-order valence-electron chi connectivity index (χ0n) is 11.7. The van der Waals surface area contributed by atoms with Gasteiger partial charge in [0.15, 0.2) is 11.5 Å². The number of rotatable bonds is 7. The molecule has 1 rings (SSSR count). The summed E-state index contributed by atoms with van der Waals surface area (Å²) in [6.07, 6.45) is 3.01. The Morgan fingerprint density at radius 1 is 1.19 bits per heavy atom. The van der Waals surface area contributed by atoms with Crippen molar-refractivity contribution in [3.63, 3.8) is 0 Å². The van der Waals surface area contributed by atoms with Crippen molar-refractivity contribution >= 4 is 18.0 Å². The molecule has 0 radical (unpaired) electrons. The van der Waals surface area contributed by atoms with E-state index in [1.165, 1.54) is 20.3 Å². The molecule has 6 nitrogen and oxygen atoms in total. The van der Waals surface area contributed by atoms with Gasteiger partial charge in [0.2, 0.25) is 0 Å². The van der Waals surface area contributed by atoms with Crippen molar-refractivity contribution in [2.75, 3.05) is 14.2 Å². The SMILES string of the molecule is C=CCc1cc(C=C(C(=O)[O-])C(=O)[O-])cc(OC)c1OC. The number of carbonyl (C=O) groups is 2.